The number of nitrogens with zero attached hydrogens (tertiary/aromatic N) is 1. The van der Waals surface area contributed by atoms with E-state index in [9.17, 15) is 29.4 Å². The molecule has 0 aromatic heterocycles. The maximum absolute atomic E-state index is 13.5. The van der Waals surface area contributed by atoms with Crippen molar-refractivity contribution in [2.45, 2.75) is 102 Å². The van der Waals surface area contributed by atoms with Crippen LogP contribution in [0.2, 0.25) is 0 Å². The number of nitrogens with one attached hydrogen (secondary N) is 2. The Bertz CT molecular complexity index is 842. The van der Waals surface area contributed by atoms with Crippen LogP contribution in [0.4, 0.5) is 4.79 Å². The minimum Gasteiger partial charge on any atom is -0.479 e. The van der Waals surface area contributed by atoms with Gasteiger partial charge in [-0.05, 0) is 46.5 Å². The number of carbonyl (C=O) groups is 4. The van der Waals surface area contributed by atoms with Crippen LogP contribution in [-0.2, 0) is 23.9 Å². The molecular formula is C26H43N3O8. The zero-order valence-corrected chi connectivity index (χ0v) is 22.5. The number of amides is 3. The summed E-state index contributed by atoms with van der Waals surface area (Å²) in [6.07, 6.45) is 3.74. The second-order valence-corrected chi connectivity index (χ2v) is 10.9. The van der Waals surface area contributed by atoms with Gasteiger partial charge in [0.15, 0.2) is 0 Å². The molecular weight excluding hydrogens is 482 g/mol. The molecule has 2 aliphatic rings. The smallest absolute Gasteiger partial charge is 0.408 e. The molecule has 2 fully saturated rings. The highest BCUT2D eigenvalue weighted by molar-refractivity contribution is 5.96. The van der Waals surface area contributed by atoms with Gasteiger partial charge >= 0.3 is 12.1 Å². The third-order valence-corrected chi connectivity index (χ3v) is 6.55. The molecule has 5 atom stereocenters. The molecule has 1 aliphatic carbocycles. The molecule has 0 spiro atoms. The van der Waals surface area contributed by atoms with Gasteiger partial charge in [0.05, 0.1) is 6.10 Å². The highest BCUT2D eigenvalue weighted by atomic mass is 16.6. The van der Waals surface area contributed by atoms with Gasteiger partial charge in [-0.2, -0.15) is 0 Å². The number of hydrogen-bond acceptors (Lipinski definition) is 7. The van der Waals surface area contributed by atoms with Crippen LogP contribution >= 0.6 is 0 Å². The van der Waals surface area contributed by atoms with Crippen LogP contribution in [-0.4, -0.2) is 88.1 Å². The van der Waals surface area contributed by atoms with E-state index < -0.39 is 59.1 Å². The normalized spacial score (nSPS) is 25.8. The van der Waals surface area contributed by atoms with Crippen molar-refractivity contribution in [3.05, 3.63) is 12.7 Å². The number of ether oxygens (including phenoxy) is 2. The summed E-state index contributed by atoms with van der Waals surface area (Å²) in [7, 11) is 0. The number of carbonyl (C=O) groups excluding carboxylic acids is 3. The Labute approximate surface area is 218 Å². The third kappa shape index (κ3) is 8.70. The quantitative estimate of drug-likeness (QED) is 0.198. The van der Waals surface area contributed by atoms with Gasteiger partial charge < -0.3 is 35.2 Å². The molecule has 0 radical (unpaired) electrons. The van der Waals surface area contributed by atoms with Crippen molar-refractivity contribution in [3.63, 3.8) is 0 Å². The van der Waals surface area contributed by atoms with Crippen LogP contribution in [0.15, 0.2) is 12.7 Å². The highest BCUT2D eigenvalue weighted by Crippen LogP contribution is 2.44. The number of carboxylic acids is 1. The van der Waals surface area contributed by atoms with Crippen LogP contribution in [0.25, 0.3) is 0 Å². The average Bonchev–Trinajstić information content (AvgIpc) is 3.38. The summed E-state index contributed by atoms with van der Waals surface area (Å²) in [6, 6.07) is -2.08. The number of rotatable bonds is 14. The minimum absolute atomic E-state index is 0.0360. The molecule has 1 heterocycles. The van der Waals surface area contributed by atoms with Crippen LogP contribution in [0.5, 0.6) is 0 Å². The highest BCUT2D eigenvalue weighted by Gasteiger charge is 2.61. The van der Waals surface area contributed by atoms with Crippen LogP contribution in [0.1, 0.15) is 72.6 Å². The second-order valence-electron chi connectivity index (χ2n) is 10.9. The Morgan fingerprint density at radius 1 is 1.19 bits per heavy atom. The number of aliphatic carboxylic acids is 1. The number of carboxylic acid groups (broad SMARTS) is 1. The van der Waals surface area contributed by atoms with Gasteiger partial charge in [-0.1, -0.05) is 25.8 Å². The number of hydrogen-bond donors (Lipinski definition) is 4. The molecule has 0 aromatic rings. The van der Waals surface area contributed by atoms with E-state index in [1.165, 1.54) is 11.0 Å². The van der Waals surface area contributed by atoms with Crippen LogP contribution in [0.3, 0.4) is 0 Å². The molecule has 4 N–H and O–H groups in total. The number of aliphatic hydroxyl groups is 1. The average molecular weight is 526 g/mol. The van der Waals surface area contributed by atoms with E-state index in [0.29, 0.717) is 19.6 Å². The Morgan fingerprint density at radius 3 is 2.43 bits per heavy atom. The van der Waals surface area contributed by atoms with Gasteiger partial charge in [0.2, 0.25) is 11.8 Å². The molecule has 3 unspecified atom stereocenters. The fourth-order valence-electron chi connectivity index (χ4n) is 4.48. The van der Waals surface area contributed by atoms with Gasteiger partial charge in [-0.25, -0.2) is 9.59 Å². The topological polar surface area (TPSA) is 154 Å². The van der Waals surface area contributed by atoms with E-state index in [2.05, 4.69) is 24.1 Å². The Kier molecular flexibility index (Phi) is 10.9. The van der Waals surface area contributed by atoms with Gasteiger partial charge in [-0.15, -0.1) is 6.58 Å². The summed E-state index contributed by atoms with van der Waals surface area (Å²) in [5, 5.41) is 25.1. The first-order chi connectivity index (χ1) is 17.3. The number of likely N-dealkylation sites (tertiary alicyclic amines) is 1. The molecule has 37 heavy (non-hydrogen) atoms. The molecule has 11 nitrogen and oxygen atoms in total. The Hall–Kier alpha value is -2.66. The van der Waals surface area contributed by atoms with E-state index in [-0.39, 0.29) is 25.8 Å². The summed E-state index contributed by atoms with van der Waals surface area (Å²) in [4.78, 5) is 52.1. The molecule has 1 saturated carbocycles. The largest absolute Gasteiger partial charge is 0.479 e. The van der Waals surface area contributed by atoms with Crippen molar-refractivity contribution < 1.29 is 38.9 Å². The molecule has 3 amide bonds. The van der Waals surface area contributed by atoms with Crippen molar-refractivity contribution in [2.24, 2.45) is 5.92 Å². The summed E-state index contributed by atoms with van der Waals surface area (Å²) < 4.78 is 10.9. The molecule has 0 aromatic carbocycles. The second kappa shape index (κ2) is 13.2. The van der Waals surface area contributed by atoms with Crippen LogP contribution in [0, 0.1) is 5.92 Å². The summed E-state index contributed by atoms with van der Waals surface area (Å²) in [5.74, 6) is -2.80. The van der Waals surface area contributed by atoms with E-state index in [1.807, 2.05) is 0 Å². The first kappa shape index (κ1) is 30.6. The molecule has 210 valence electrons. The van der Waals surface area contributed by atoms with Gasteiger partial charge in [0.1, 0.15) is 23.2 Å². The molecule has 1 saturated heterocycles. The van der Waals surface area contributed by atoms with Crippen LogP contribution < -0.4 is 10.6 Å². The lowest BCUT2D eigenvalue weighted by molar-refractivity contribution is -0.145. The van der Waals surface area contributed by atoms with E-state index >= 15 is 0 Å². The lowest BCUT2D eigenvalue weighted by Crippen LogP contribution is -2.56. The zero-order valence-electron chi connectivity index (χ0n) is 22.5. The number of β-amino-alcohol motifs (C(OH)–C–C–N with tert-alkyl or cyclic N) is 1. The first-order valence-corrected chi connectivity index (χ1v) is 13.1. The zero-order chi connectivity index (χ0) is 27.8. The monoisotopic (exact) mass is 525 g/mol. The minimum atomic E-state index is -1.45. The molecule has 0 bridgehead atoms. The van der Waals surface area contributed by atoms with Gasteiger partial charge in [0, 0.05) is 32.1 Å². The summed E-state index contributed by atoms with van der Waals surface area (Å²) in [6.45, 7) is 11.7. The SMILES string of the molecule is C=CC1C[C@]1(NC(=O)C1C[C@H](O)CN1C(=O)C(CCCOCCCCC)NC(=O)OC(C)(C)C)C(=O)O. The van der Waals surface area contributed by atoms with Crippen molar-refractivity contribution >= 4 is 23.9 Å². The Balaban J connectivity index is 2.10. The third-order valence-electron chi connectivity index (χ3n) is 6.55. The van der Waals surface area contributed by atoms with Gasteiger partial charge in [0.25, 0.3) is 0 Å². The fraction of sp³-hybridized carbons (Fsp3) is 0.769. The van der Waals surface area contributed by atoms with E-state index in [0.717, 1.165) is 19.3 Å². The Morgan fingerprint density at radius 2 is 1.86 bits per heavy atom. The predicted octanol–water partition coefficient (Wildman–Crippen LogP) is 1.97. The first-order valence-electron chi connectivity index (χ1n) is 13.1. The molecule has 1 aliphatic heterocycles. The van der Waals surface area contributed by atoms with Crippen molar-refractivity contribution in [3.8, 4) is 0 Å². The van der Waals surface area contributed by atoms with E-state index in [1.54, 1.807) is 20.8 Å². The lowest BCUT2D eigenvalue weighted by atomic mass is 10.1. The fourth-order valence-corrected chi connectivity index (χ4v) is 4.48. The summed E-state index contributed by atoms with van der Waals surface area (Å²) in [5.41, 5.74) is -2.23. The number of alkyl carbamates (subject to hydrolysis) is 1. The predicted molar refractivity (Wildman–Crippen MR) is 136 cm³/mol. The molecule has 2 rings (SSSR count). The van der Waals surface area contributed by atoms with Gasteiger partial charge in [-0.3, -0.25) is 9.59 Å². The van der Waals surface area contributed by atoms with E-state index in [4.69, 9.17) is 9.47 Å². The lowest BCUT2D eigenvalue weighted by Gasteiger charge is -2.30. The number of aliphatic hydroxyl groups excluding tert-OH is 1. The number of unbranched alkanes of at least 4 members (excludes halogenated alkanes) is 2. The molecule has 11 heteroatoms. The maximum Gasteiger partial charge on any atom is 0.408 e. The standard InChI is InChI=1S/C26H43N3O8/c1-6-8-9-12-36-13-10-11-19(27-24(35)37-25(3,4)5)22(32)29-16-18(30)14-20(29)21(31)28-26(23(33)34)15-17(26)7-2/h7,17-20,30H,2,6,8-16H2,1,3-5H3,(H,27,35)(H,28,31)(H,33,34)/t17?,18-,19?,20?,26+/m0/s1. The van der Waals surface area contributed by atoms with Crippen molar-refractivity contribution in [2.75, 3.05) is 19.8 Å². The van der Waals surface area contributed by atoms with Crippen molar-refractivity contribution in [1.82, 2.24) is 15.5 Å². The van der Waals surface area contributed by atoms with Crippen molar-refractivity contribution in [1.29, 1.82) is 0 Å². The summed E-state index contributed by atoms with van der Waals surface area (Å²) >= 11 is 0. The maximum atomic E-state index is 13.5.